The van der Waals surface area contributed by atoms with E-state index in [2.05, 4.69) is 71.0 Å². The minimum Gasteiger partial charge on any atom is -0.328 e. The molecular formula is C24H31N3. The van der Waals surface area contributed by atoms with Crippen LogP contribution in [0.15, 0.2) is 54.6 Å². The summed E-state index contributed by atoms with van der Waals surface area (Å²) in [6.07, 6.45) is 6.44. The second-order valence-electron chi connectivity index (χ2n) is 7.96. The van der Waals surface area contributed by atoms with E-state index in [1.54, 1.807) is 0 Å². The summed E-state index contributed by atoms with van der Waals surface area (Å²) in [5.41, 5.74) is 3.88. The Labute approximate surface area is 163 Å². The van der Waals surface area contributed by atoms with Crippen LogP contribution >= 0.6 is 0 Å². The number of imidazole rings is 1. The number of hydrogen-bond acceptors (Lipinski definition) is 2. The first-order chi connectivity index (χ1) is 13.3. The van der Waals surface area contributed by atoms with Crippen molar-refractivity contribution in [2.24, 2.45) is 5.92 Å². The highest BCUT2D eigenvalue weighted by Crippen LogP contribution is 2.23. The molecule has 3 nitrogen and oxygen atoms in total. The Morgan fingerprint density at radius 2 is 1.67 bits per heavy atom. The van der Waals surface area contributed by atoms with E-state index in [0.29, 0.717) is 0 Å². The second kappa shape index (κ2) is 8.71. The van der Waals surface area contributed by atoms with E-state index in [1.165, 1.54) is 62.8 Å². The number of benzene rings is 2. The first-order valence-corrected chi connectivity index (χ1v) is 10.5. The molecule has 1 saturated heterocycles. The largest absolute Gasteiger partial charge is 0.328 e. The minimum absolute atomic E-state index is 0.857. The maximum absolute atomic E-state index is 4.70. The molecular weight excluding hydrogens is 330 g/mol. The Balaban J connectivity index is 1.21. The lowest BCUT2D eigenvalue weighted by Gasteiger charge is -2.32. The van der Waals surface area contributed by atoms with Crippen LogP contribution < -0.4 is 0 Å². The molecule has 3 aromatic rings. The molecule has 0 spiro atoms. The summed E-state index contributed by atoms with van der Waals surface area (Å²) >= 11 is 0. The first-order valence-electron chi connectivity index (χ1n) is 10.5. The summed E-state index contributed by atoms with van der Waals surface area (Å²) in [6.45, 7) is 7.01. The summed E-state index contributed by atoms with van der Waals surface area (Å²) in [5, 5.41) is 0. The summed E-state index contributed by atoms with van der Waals surface area (Å²) in [4.78, 5) is 7.37. The number of piperidine rings is 1. The van der Waals surface area contributed by atoms with E-state index in [9.17, 15) is 0 Å². The summed E-state index contributed by atoms with van der Waals surface area (Å²) in [7, 11) is 0. The average molecular weight is 362 g/mol. The summed E-state index contributed by atoms with van der Waals surface area (Å²) in [5.74, 6) is 2.01. The van der Waals surface area contributed by atoms with Gasteiger partial charge in [-0.1, -0.05) is 42.5 Å². The maximum Gasteiger partial charge on any atom is 0.106 e. The van der Waals surface area contributed by atoms with E-state index >= 15 is 0 Å². The lowest BCUT2D eigenvalue weighted by Crippen LogP contribution is -2.34. The van der Waals surface area contributed by atoms with E-state index in [1.807, 2.05) is 0 Å². The molecule has 3 heteroatoms. The van der Waals surface area contributed by atoms with Crippen molar-refractivity contribution in [3.63, 3.8) is 0 Å². The molecule has 0 bridgehead atoms. The number of fused-ring (bicyclic) bond motifs is 1. The van der Waals surface area contributed by atoms with E-state index in [-0.39, 0.29) is 0 Å². The number of likely N-dealkylation sites (tertiary alicyclic amines) is 1. The first kappa shape index (κ1) is 18.2. The predicted molar refractivity (Wildman–Crippen MR) is 113 cm³/mol. The van der Waals surface area contributed by atoms with Crippen LogP contribution in [0.2, 0.25) is 0 Å². The molecule has 2 aromatic carbocycles. The van der Waals surface area contributed by atoms with Gasteiger partial charge in [0.2, 0.25) is 0 Å². The van der Waals surface area contributed by atoms with Crippen LogP contribution in [-0.2, 0) is 13.0 Å². The molecule has 0 radical (unpaired) electrons. The van der Waals surface area contributed by atoms with Gasteiger partial charge >= 0.3 is 0 Å². The van der Waals surface area contributed by atoms with Gasteiger partial charge in [0.1, 0.15) is 5.82 Å². The highest BCUT2D eigenvalue weighted by Gasteiger charge is 2.19. The highest BCUT2D eigenvalue weighted by atomic mass is 15.1. The number of rotatable bonds is 7. The van der Waals surface area contributed by atoms with Gasteiger partial charge in [-0.15, -0.1) is 0 Å². The second-order valence-corrected chi connectivity index (χ2v) is 7.96. The van der Waals surface area contributed by atoms with Crippen LogP contribution in [0.3, 0.4) is 0 Å². The summed E-state index contributed by atoms with van der Waals surface area (Å²) in [6, 6.07) is 19.4. The quantitative estimate of drug-likeness (QED) is 0.585. The molecule has 0 aliphatic carbocycles. The molecule has 0 unspecified atom stereocenters. The third-order valence-corrected chi connectivity index (χ3v) is 6.10. The van der Waals surface area contributed by atoms with Crippen LogP contribution in [-0.4, -0.2) is 34.1 Å². The van der Waals surface area contributed by atoms with Crippen molar-refractivity contribution in [2.45, 2.75) is 45.6 Å². The maximum atomic E-state index is 4.70. The predicted octanol–water partition coefficient (Wildman–Crippen LogP) is 5.08. The van der Waals surface area contributed by atoms with Gasteiger partial charge in [-0.3, -0.25) is 0 Å². The van der Waals surface area contributed by atoms with Gasteiger partial charge in [-0.05, 0) is 82.3 Å². The van der Waals surface area contributed by atoms with Gasteiger partial charge < -0.3 is 9.47 Å². The van der Waals surface area contributed by atoms with Crippen LogP contribution in [0.25, 0.3) is 11.0 Å². The Kier molecular flexibility index (Phi) is 5.88. The standard InChI is InChI=1S/C24H31N3/c1-20-25-23-11-5-6-12-24(23)27(20)19-15-22-13-17-26(18-14-22)16-7-10-21-8-3-2-4-9-21/h2-6,8-9,11-12,22H,7,10,13-19H2,1H3. The molecule has 27 heavy (non-hydrogen) atoms. The molecule has 0 N–H and O–H groups in total. The topological polar surface area (TPSA) is 21.1 Å². The van der Waals surface area contributed by atoms with Gasteiger partial charge in [0.25, 0.3) is 0 Å². The molecule has 0 saturated carbocycles. The smallest absolute Gasteiger partial charge is 0.106 e. The van der Waals surface area contributed by atoms with Gasteiger partial charge in [0.15, 0.2) is 0 Å². The van der Waals surface area contributed by atoms with E-state index < -0.39 is 0 Å². The van der Waals surface area contributed by atoms with Crippen molar-refractivity contribution in [3.05, 3.63) is 66.0 Å². The van der Waals surface area contributed by atoms with E-state index in [0.717, 1.165) is 23.8 Å². The Morgan fingerprint density at radius 3 is 2.48 bits per heavy atom. The molecule has 2 heterocycles. The molecule has 1 aliphatic heterocycles. The Bertz CT molecular complexity index is 844. The van der Waals surface area contributed by atoms with Crippen LogP contribution in [0.1, 0.15) is 37.1 Å². The third-order valence-electron chi connectivity index (χ3n) is 6.10. The fourth-order valence-electron chi connectivity index (χ4n) is 4.44. The molecule has 0 atom stereocenters. The van der Waals surface area contributed by atoms with Crippen molar-refractivity contribution < 1.29 is 0 Å². The molecule has 0 amide bonds. The van der Waals surface area contributed by atoms with Crippen LogP contribution in [0.5, 0.6) is 0 Å². The van der Waals surface area contributed by atoms with Gasteiger partial charge in [0, 0.05) is 6.54 Å². The zero-order chi connectivity index (χ0) is 18.5. The van der Waals surface area contributed by atoms with Gasteiger partial charge in [-0.25, -0.2) is 4.98 Å². The van der Waals surface area contributed by atoms with Crippen molar-refractivity contribution >= 4 is 11.0 Å². The fraction of sp³-hybridized carbons (Fsp3) is 0.458. The highest BCUT2D eigenvalue weighted by molar-refractivity contribution is 5.75. The van der Waals surface area contributed by atoms with Crippen LogP contribution in [0.4, 0.5) is 0 Å². The number of hydrogen-bond donors (Lipinski definition) is 0. The number of aryl methyl sites for hydroxylation is 3. The molecule has 142 valence electrons. The average Bonchev–Trinajstić information content (AvgIpc) is 3.03. The van der Waals surface area contributed by atoms with Crippen molar-refractivity contribution in [3.8, 4) is 0 Å². The number of nitrogens with zero attached hydrogens (tertiary/aromatic N) is 3. The zero-order valence-electron chi connectivity index (χ0n) is 16.5. The van der Waals surface area contributed by atoms with Crippen molar-refractivity contribution in [1.82, 2.24) is 14.5 Å². The third kappa shape index (κ3) is 4.59. The van der Waals surface area contributed by atoms with Crippen LogP contribution in [0, 0.1) is 12.8 Å². The lowest BCUT2D eigenvalue weighted by molar-refractivity contribution is 0.174. The Hall–Kier alpha value is -2.13. The monoisotopic (exact) mass is 361 g/mol. The fourth-order valence-corrected chi connectivity index (χ4v) is 4.44. The number of aromatic nitrogens is 2. The molecule has 1 aliphatic rings. The van der Waals surface area contributed by atoms with Gasteiger partial charge in [0.05, 0.1) is 11.0 Å². The van der Waals surface area contributed by atoms with Crippen molar-refractivity contribution in [2.75, 3.05) is 19.6 Å². The Morgan fingerprint density at radius 1 is 0.926 bits per heavy atom. The van der Waals surface area contributed by atoms with E-state index in [4.69, 9.17) is 4.98 Å². The van der Waals surface area contributed by atoms with Crippen molar-refractivity contribution in [1.29, 1.82) is 0 Å². The SMILES string of the molecule is Cc1nc2ccccc2n1CCC1CCN(CCCc2ccccc2)CC1. The molecule has 4 rings (SSSR count). The lowest BCUT2D eigenvalue weighted by atomic mass is 9.93. The molecule has 1 fully saturated rings. The normalized spacial score (nSPS) is 16.2. The zero-order valence-corrected chi connectivity index (χ0v) is 16.5. The van der Waals surface area contributed by atoms with Gasteiger partial charge in [-0.2, -0.15) is 0 Å². The molecule has 1 aromatic heterocycles. The number of para-hydroxylation sites is 2. The minimum atomic E-state index is 0.857. The summed E-state index contributed by atoms with van der Waals surface area (Å²) < 4.78 is 2.40.